The highest BCUT2D eigenvalue weighted by Gasteiger charge is 2.41. The fourth-order valence-electron chi connectivity index (χ4n) is 5.61. The van der Waals surface area contributed by atoms with Crippen LogP contribution in [-0.2, 0) is 6.42 Å². The molecule has 1 fully saturated rings. The molecule has 1 aliphatic carbocycles. The van der Waals surface area contributed by atoms with Crippen molar-refractivity contribution in [2.24, 2.45) is 0 Å². The number of amides is 2. The number of benzene rings is 2. The van der Waals surface area contributed by atoms with Gasteiger partial charge in [0.2, 0.25) is 0 Å². The van der Waals surface area contributed by atoms with Gasteiger partial charge in [0.05, 0.1) is 5.03 Å². The number of hydrogen-bond acceptors (Lipinski definition) is 3. The van der Waals surface area contributed by atoms with Crippen LogP contribution < -0.4 is 5.32 Å². The summed E-state index contributed by atoms with van der Waals surface area (Å²) in [4.78, 5) is 21.5. The zero-order chi connectivity index (χ0) is 23.1. The zero-order valence-corrected chi connectivity index (χ0v) is 20.2. The number of aromatic nitrogens is 1. The first kappa shape index (κ1) is 22.3. The standard InChI is InChI=1S/C26H31FN4OS/c1-4-31(5-2)26(32)28-17-13-20-19-10-7-11-22-24(19)21(14-23(20)30(3)15-17)25(29-22)33-18-9-6-8-16(27)12-18/h6-12,17,20,23,29H,4-5,13-15H2,1-3H3,(H,28,32)/t17-,20?,23+/m0/s1. The summed E-state index contributed by atoms with van der Waals surface area (Å²) in [5.74, 6) is 0.153. The quantitative estimate of drug-likeness (QED) is 0.542. The van der Waals surface area contributed by atoms with Crippen LogP contribution in [0, 0.1) is 5.82 Å². The normalized spacial score (nSPS) is 22.2. The summed E-state index contributed by atoms with van der Waals surface area (Å²) in [5.41, 5.74) is 3.82. The van der Waals surface area contributed by atoms with Crippen molar-refractivity contribution in [2.45, 2.75) is 54.6 Å². The third-order valence-electron chi connectivity index (χ3n) is 7.21. The summed E-state index contributed by atoms with van der Waals surface area (Å²) in [5, 5.41) is 5.69. The van der Waals surface area contributed by atoms with E-state index in [0.717, 1.165) is 34.8 Å². The van der Waals surface area contributed by atoms with Crippen molar-refractivity contribution in [2.75, 3.05) is 26.7 Å². The van der Waals surface area contributed by atoms with Crippen LogP contribution in [0.15, 0.2) is 52.4 Å². The Morgan fingerprint density at radius 3 is 2.79 bits per heavy atom. The number of rotatable bonds is 5. The molecule has 0 saturated carbocycles. The lowest BCUT2D eigenvalue weighted by atomic mass is 9.74. The van der Waals surface area contributed by atoms with Gasteiger partial charge in [-0.3, -0.25) is 0 Å². The van der Waals surface area contributed by atoms with Crippen molar-refractivity contribution >= 4 is 28.7 Å². The van der Waals surface area contributed by atoms with Gasteiger partial charge in [0.1, 0.15) is 5.82 Å². The lowest BCUT2D eigenvalue weighted by Gasteiger charge is -2.46. The first-order valence-electron chi connectivity index (χ1n) is 11.8. The Morgan fingerprint density at radius 1 is 1.24 bits per heavy atom. The number of piperidine rings is 1. The van der Waals surface area contributed by atoms with Crippen molar-refractivity contribution in [3.8, 4) is 0 Å². The van der Waals surface area contributed by atoms with E-state index in [-0.39, 0.29) is 17.9 Å². The molecule has 2 aliphatic rings. The minimum atomic E-state index is -0.213. The SMILES string of the molecule is CCN(CC)C(=O)N[C@H]1CC2c3cccc4[nH]c(Sc5cccc(F)c5)c(c34)C[C@H]2N(C)C1. The fraction of sp³-hybridized carbons (Fsp3) is 0.423. The summed E-state index contributed by atoms with van der Waals surface area (Å²) in [6, 6.07) is 13.8. The van der Waals surface area contributed by atoms with Crippen molar-refractivity contribution < 1.29 is 9.18 Å². The Balaban J connectivity index is 1.46. The van der Waals surface area contributed by atoms with Crippen LogP contribution >= 0.6 is 11.8 Å². The average Bonchev–Trinajstić information content (AvgIpc) is 3.13. The average molecular weight is 467 g/mol. The summed E-state index contributed by atoms with van der Waals surface area (Å²) >= 11 is 1.60. The van der Waals surface area contributed by atoms with Gasteiger partial charge in [-0.2, -0.15) is 0 Å². The number of fused-ring (bicyclic) bond motifs is 2. The van der Waals surface area contributed by atoms with Gasteiger partial charge in [-0.1, -0.05) is 30.0 Å². The van der Waals surface area contributed by atoms with E-state index in [1.165, 1.54) is 22.6 Å². The Morgan fingerprint density at radius 2 is 2.03 bits per heavy atom. The number of hydrogen-bond donors (Lipinski definition) is 2. The molecule has 1 aliphatic heterocycles. The molecule has 5 rings (SSSR count). The monoisotopic (exact) mass is 466 g/mol. The zero-order valence-electron chi connectivity index (χ0n) is 19.4. The van der Waals surface area contributed by atoms with Crippen LogP contribution in [-0.4, -0.2) is 59.6 Å². The van der Waals surface area contributed by atoms with Crippen molar-refractivity contribution in [1.82, 2.24) is 20.1 Å². The van der Waals surface area contributed by atoms with Crippen molar-refractivity contribution in [1.29, 1.82) is 0 Å². The molecule has 1 unspecified atom stereocenters. The molecule has 2 aromatic carbocycles. The highest BCUT2D eigenvalue weighted by molar-refractivity contribution is 7.99. The van der Waals surface area contributed by atoms with E-state index in [2.05, 4.69) is 40.4 Å². The molecule has 0 spiro atoms. The summed E-state index contributed by atoms with van der Waals surface area (Å²) in [7, 11) is 2.17. The molecular formula is C26H31FN4OS. The first-order chi connectivity index (χ1) is 16.0. The Labute approximate surface area is 198 Å². The number of nitrogens with zero attached hydrogens (tertiary/aromatic N) is 2. The highest BCUT2D eigenvalue weighted by Crippen LogP contribution is 2.46. The molecule has 2 heterocycles. The third-order valence-corrected chi connectivity index (χ3v) is 8.25. The molecule has 0 radical (unpaired) electrons. The van der Waals surface area contributed by atoms with Crippen LogP contribution in [0.4, 0.5) is 9.18 Å². The van der Waals surface area contributed by atoms with Gasteiger partial charge in [0, 0.05) is 53.4 Å². The van der Waals surface area contributed by atoms with E-state index < -0.39 is 0 Å². The maximum atomic E-state index is 13.8. The predicted molar refractivity (Wildman–Crippen MR) is 132 cm³/mol. The van der Waals surface area contributed by atoms with E-state index in [1.807, 2.05) is 24.8 Å². The van der Waals surface area contributed by atoms with E-state index in [9.17, 15) is 9.18 Å². The number of H-pyrrole nitrogens is 1. The summed E-state index contributed by atoms with van der Waals surface area (Å²) < 4.78 is 13.8. The Hall–Kier alpha value is -2.51. The Kier molecular flexibility index (Phi) is 6.10. The Bertz CT molecular complexity index is 1170. The second kappa shape index (κ2) is 9.03. The van der Waals surface area contributed by atoms with Gasteiger partial charge in [0.25, 0.3) is 0 Å². The second-order valence-corrected chi connectivity index (χ2v) is 10.2. The van der Waals surface area contributed by atoms with Crippen LogP contribution in [0.3, 0.4) is 0 Å². The van der Waals surface area contributed by atoms with E-state index in [1.54, 1.807) is 23.9 Å². The van der Waals surface area contributed by atoms with Crippen LogP contribution in [0.25, 0.3) is 10.9 Å². The minimum absolute atomic E-state index is 0.0296. The number of urea groups is 1. The van der Waals surface area contributed by atoms with Crippen molar-refractivity contribution in [3.05, 3.63) is 59.4 Å². The molecule has 3 aromatic rings. The lowest BCUT2D eigenvalue weighted by molar-refractivity contribution is 0.123. The summed E-state index contributed by atoms with van der Waals surface area (Å²) in [6.45, 7) is 6.31. The molecule has 2 N–H and O–H groups in total. The number of carbonyl (C=O) groups excluding carboxylic acids is 1. The highest BCUT2D eigenvalue weighted by atomic mass is 32.2. The number of carbonyl (C=O) groups is 1. The van der Waals surface area contributed by atoms with Crippen LogP contribution in [0.2, 0.25) is 0 Å². The predicted octanol–water partition coefficient (Wildman–Crippen LogP) is 5.22. The molecule has 3 atom stereocenters. The summed E-state index contributed by atoms with van der Waals surface area (Å²) in [6.07, 6.45) is 1.89. The van der Waals surface area contributed by atoms with Gasteiger partial charge < -0.3 is 20.1 Å². The molecule has 0 bridgehead atoms. The van der Waals surface area contributed by atoms with Crippen LogP contribution in [0.1, 0.15) is 37.3 Å². The molecule has 1 saturated heterocycles. The molecular weight excluding hydrogens is 435 g/mol. The smallest absolute Gasteiger partial charge is 0.317 e. The second-order valence-electron chi connectivity index (χ2n) is 9.13. The van der Waals surface area contributed by atoms with Gasteiger partial charge in [-0.05, 0) is 69.1 Å². The maximum Gasteiger partial charge on any atom is 0.317 e. The number of nitrogens with one attached hydrogen (secondary N) is 2. The molecule has 2 amide bonds. The topological polar surface area (TPSA) is 51.4 Å². The number of likely N-dealkylation sites (N-methyl/N-ethyl adjacent to an activating group) is 1. The minimum Gasteiger partial charge on any atom is -0.349 e. The van der Waals surface area contributed by atoms with E-state index in [0.29, 0.717) is 25.0 Å². The van der Waals surface area contributed by atoms with Gasteiger partial charge in [-0.15, -0.1) is 0 Å². The fourth-order valence-corrected chi connectivity index (χ4v) is 6.64. The van der Waals surface area contributed by atoms with Gasteiger partial charge >= 0.3 is 6.03 Å². The largest absolute Gasteiger partial charge is 0.349 e. The molecule has 7 heteroatoms. The number of aromatic amines is 1. The number of likely N-dealkylation sites (tertiary alicyclic amines) is 1. The lowest BCUT2D eigenvalue weighted by Crippen LogP contribution is -2.56. The van der Waals surface area contributed by atoms with Gasteiger partial charge in [-0.25, -0.2) is 9.18 Å². The molecule has 5 nitrogen and oxygen atoms in total. The van der Waals surface area contributed by atoms with Gasteiger partial charge in [0.15, 0.2) is 0 Å². The van der Waals surface area contributed by atoms with Crippen LogP contribution in [0.5, 0.6) is 0 Å². The van der Waals surface area contributed by atoms with E-state index in [4.69, 9.17) is 0 Å². The first-order valence-corrected chi connectivity index (χ1v) is 12.6. The molecule has 1 aromatic heterocycles. The van der Waals surface area contributed by atoms with Crippen molar-refractivity contribution in [3.63, 3.8) is 0 Å². The molecule has 174 valence electrons. The number of halogens is 1. The van der Waals surface area contributed by atoms with E-state index >= 15 is 0 Å². The molecule has 33 heavy (non-hydrogen) atoms. The third kappa shape index (κ3) is 4.13. The maximum absolute atomic E-state index is 13.8.